The van der Waals surface area contributed by atoms with Crippen molar-refractivity contribution < 1.29 is 43.8 Å². The molecule has 0 unspecified atom stereocenters. The lowest BCUT2D eigenvalue weighted by Crippen LogP contribution is -2.61. The summed E-state index contributed by atoms with van der Waals surface area (Å²) in [5, 5.41) is 32.1. The third kappa shape index (κ3) is 2.30. The summed E-state index contributed by atoms with van der Waals surface area (Å²) in [5.41, 5.74) is -2.54. The molecule has 0 amide bonds. The number of hydrogen-bond acceptors (Lipinski definition) is 9. The number of Topliss-reactive ketones (excluding diaryl/α,β-unsaturated/α-hetero) is 1. The molecule has 0 saturated heterocycles. The topological polar surface area (TPSA) is 124 Å². The van der Waals surface area contributed by atoms with Gasteiger partial charge in [0.2, 0.25) is 18.2 Å². The van der Waals surface area contributed by atoms with Gasteiger partial charge in [-0.2, -0.15) is 0 Å². The summed E-state index contributed by atoms with van der Waals surface area (Å²) in [6, 6.07) is 5.38. The van der Waals surface area contributed by atoms with Crippen molar-refractivity contribution in [2.45, 2.75) is 18.0 Å². The largest absolute Gasteiger partial charge is 0.507 e. The predicted molar refractivity (Wildman–Crippen MR) is 93.5 cm³/mol. The van der Waals surface area contributed by atoms with Gasteiger partial charge in [0.1, 0.15) is 28.6 Å². The Morgan fingerprint density at radius 1 is 0.964 bits per heavy atom. The van der Waals surface area contributed by atoms with E-state index in [1.807, 2.05) is 0 Å². The molecule has 9 nitrogen and oxygen atoms in total. The number of ketones is 1. The highest BCUT2D eigenvalue weighted by Crippen LogP contribution is 2.52. The zero-order valence-electron chi connectivity index (χ0n) is 15.3. The van der Waals surface area contributed by atoms with Gasteiger partial charge >= 0.3 is 0 Å². The number of aromatic hydroxyl groups is 1. The van der Waals surface area contributed by atoms with Gasteiger partial charge in [0.15, 0.2) is 17.1 Å². The standard InChI is InChI=1S/C19H18O9/c1-24-8-4-10(20)15-14(5-8)27-17-18(22)28-11-7-13(26-3)12(25-2)6-9(11)19(17,23)16(15)21/h4-7,17-18,20,22-23H,1-3H3/t17-,18+,19-/m0/s1. The van der Waals surface area contributed by atoms with Crippen molar-refractivity contribution in [3.05, 3.63) is 35.4 Å². The van der Waals surface area contributed by atoms with Gasteiger partial charge < -0.3 is 39.0 Å². The molecule has 0 bridgehead atoms. The molecule has 148 valence electrons. The minimum atomic E-state index is -2.33. The lowest BCUT2D eigenvalue weighted by molar-refractivity contribution is -0.179. The first-order chi connectivity index (χ1) is 13.3. The Bertz CT molecular complexity index is 970. The molecule has 0 spiro atoms. The fraction of sp³-hybridized carbons (Fsp3) is 0.316. The Labute approximate surface area is 159 Å². The zero-order chi connectivity index (χ0) is 20.2. The summed E-state index contributed by atoms with van der Waals surface area (Å²) in [4.78, 5) is 13.3. The average molecular weight is 390 g/mol. The fourth-order valence-corrected chi connectivity index (χ4v) is 3.54. The smallest absolute Gasteiger partial charge is 0.238 e. The van der Waals surface area contributed by atoms with Crippen LogP contribution in [0.5, 0.6) is 34.5 Å². The van der Waals surface area contributed by atoms with E-state index in [1.165, 1.54) is 45.6 Å². The van der Waals surface area contributed by atoms with Crippen LogP contribution in [0.2, 0.25) is 0 Å². The van der Waals surface area contributed by atoms with Crippen molar-refractivity contribution in [3.8, 4) is 34.5 Å². The molecular weight excluding hydrogens is 372 g/mol. The second-order valence-corrected chi connectivity index (χ2v) is 6.37. The van der Waals surface area contributed by atoms with E-state index < -0.39 is 29.5 Å². The lowest BCUT2D eigenvalue weighted by Gasteiger charge is -2.45. The van der Waals surface area contributed by atoms with Crippen LogP contribution >= 0.6 is 0 Å². The molecule has 0 aliphatic carbocycles. The van der Waals surface area contributed by atoms with Crippen LogP contribution in [0.1, 0.15) is 15.9 Å². The maximum absolute atomic E-state index is 13.3. The minimum absolute atomic E-state index is 0.0197. The van der Waals surface area contributed by atoms with Crippen LogP contribution in [-0.4, -0.2) is 54.8 Å². The number of aliphatic hydroxyl groups is 2. The van der Waals surface area contributed by atoms with Crippen LogP contribution in [0, 0.1) is 0 Å². The summed E-state index contributed by atoms with van der Waals surface area (Å²) in [5.74, 6) is -0.518. The Morgan fingerprint density at radius 3 is 2.29 bits per heavy atom. The SMILES string of the molecule is COc1cc(O)c2c(c1)O[C@H]1[C@H](O)Oc3cc(OC)c(OC)cc3[C@]1(O)C2=O. The summed E-state index contributed by atoms with van der Waals surface area (Å²) >= 11 is 0. The number of fused-ring (bicyclic) bond motifs is 4. The van der Waals surface area contributed by atoms with Gasteiger partial charge in [0.05, 0.1) is 21.3 Å². The van der Waals surface area contributed by atoms with E-state index in [9.17, 15) is 20.1 Å². The fourth-order valence-electron chi connectivity index (χ4n) is 3.54. The Hall–Kier alpha value is -3.17. The van der Waals surface area contributed by atoms with Gasteiger partial charge in [-0.1, -0.05) is 0 Å². The van der Waals surface area contributed by atoms with Crippen LogP contribution in [0.15, 0.2) is 24.3 Å². The molecule has 4 rings (SSSR count). The van der Waals surface area contributed by atoms with E-state index in [4.69, 9.17) is 23.7 Å². The normalized spacial score (nSPS) is 24.8. The number of hydrogen-bond donors (Lipinski definition) is 3. The highest BCUT2D eigenvalue weighted by Gasteiger charge is 2.60. The zero-order valence-corrected chi connectivity index (χ0v) is 15.3. The van der Waals surface area contributed by atoms with Gasteiger partial charge in [-0.3, -0.25) is 4.79 Å². The number of rotatable bonds is 3. The number of phenolic OH excluding ortho intramolecular Hbond substituents is 1. The predicted octanol–water partition coefficient (Wildman–Crippen LogP) is 0.960. The third-order valence-corrected chi connectivity index (χ3v) is 4.93. The molecule has 0 radical (unpaired) electrons. The molecule has 2 heterocycles. The first-order valence-electron chi connectivity index (χ1n) is 8.31. The monoisotopic (exact) mass is 390 g/mol. The maximum Gasteiger partial charge on any atom is 0.238 e. The molecule has 9 heteroatoms. The van der Waals surface area contributed by atoms with Gasteiger partial charge in [-0.05, 0) is 6.07 Å². The first-order valence-corrected chi connectivity index (χ1v) is 8.31. The highest BCUT2D eigenvalue weighted by atomic mass is 16.6. The van der Waals surface area contributed by atoms with Gasteiger partial charge in [-0.15, -0.1) is 0 Å². The summed E-state index contributed by atoms with van der Waals surface area (Å²) in [6.07, 6.45) is -3.15. The Morgan fingerprint density at radius 2 is 1.64 bits per heavy atom. The van der Waals surface area contributed by atoms with Crippen molar-refractivity contribution in [3.63, 3.8) is 0 Å². The Balaban J connectivity index is 1.95. The molecule has 0 saturated carbocycles. The van der Waals surface area contributed by atoms with E-state index in [1.54, 1.807) is 0 Å². The number of benzene rings is 2. The molecule has 0 aromatic heterocycles. The molecule has 3 N–H and O–H groups in total. The molecule has 28 heavy (non-hydrogen) atoms. The summed E-state index contributed by atoms with van der Waals surface area (Å²) in [6.45, 7) is 0. The van der Waals surface area contributed by atoms with E-state index in [-0.39, 0.29) is 39.9 Å². The van der Waals surface area contributed by atoms with Crippen LogP contribution in [0.3, 0.4) is 0 Å². The van der Waals surface area contributed by atoms with E-state index in [2.05, 4.69) is 0 Å². The average Bonchev–Trinajstić information content (AvgIpc) is 2.68. The van der Waals surface area contributed by atoms with Crippen LogP contribution in [-0.2, 0) is 5.60 Å². The second kappa shape index (κ2) is 6.18. The number of methoxy groups -OCH3 is 3. The molecule has 0 fully saturated rings. The van der Waals surface area contributed by atoms with Crippen LogP contribution in [0.4, 0.5) is 0 Å². The number of carbonyl (C=O) groups is 1. The maximum atomic E-state index is 13.3. The highest BCUT2D eigenvalue weighted by molar-refractivity contribution is 6.09. The van der Waals surface area contributed by atoms with Gasteiger partial charge in [0, 0.05) is 23.8 Å². The van der Waals surface area contributed by atoms with Gasteiger partial charge in [-0.25, -0.2) is 0 Å². The van der Waals surface area contributed by atoms with E-state index in [0.29, 0.717) is 0 Å². The van der Waals surface area contributed by atoms with Crippen molar-refractivity contribution in [2.24, 2.45) is 0 Å². The quantitative estimate of drug-likeness (QED) is 0.703. The first kappa shape index (κ1) is 18.2. The van der Waals surface area contributed by atoms with Crippen molar-refractivity contribution in [1.29, 1.82) is 0 Å². The number of phenols is 1. The molecular formula is C19H18O9. The van der Waals surface area contributed by atoms with Crippen LogP contribution < -0.4 is 23.7 Å². The molecule has 3 atom stereocenters. The van der Waals surface area contributed by atoms with Crippen molar-refractivity contribution in [1.82, 2.24) is 0 Å². The second-order valence-electron chi connectivity index (χ2n) is 6.37. The number of aliphatic hydroxyl groups excluding tert-OH is 1. The minimum Gasteiger partial charge on any atom is -0.507 e. The number of ether oxygens (including phenoxy) is 5. The molecule has 2 aliphatic heterocycles. The third-order valence-electron chi connectivity index (χ3n) is 4.93. The van der Waals surface area contributed by atoms with Crippen LogP contribution in [0.25, 0.3) is 0 Å². The summed E-state index contributed by atoms with van der Waals surface area (Å²) in [7, 11) is 4.20. The lowest BCUT2D eigenvalue weighted by atomic mass is 9.76. The summed E-state index contributed by atoms with van der Waals surface area (Å²) < 4.78 is 26.6. The molecule has 2 aromatic rings. The number of carbonyl (C=O) groups excluding carboxylic acids is 1. The van der Waals surface area contributed by atoms with E-state index >= 15 is 0 Å². The van der Waals surface area contributed by atoms with Crippen molar-refractivity contribution in [2.75, 3.05) is 21.3 Å². The molecule has 2 aliphatic rings. The Kier molecular flexibility index (Phi) is 4.02. The van der Waals surface area contributed by atoms with E-state index in [0.717, 1.165) is 0 Å². The van der Waals surface area contributed by atoms with Crippen molar-refractivity contribution >= 4 is 5.78 Å². The molecule has 2 aromatic carbocycles. The van der Waals surface area contributed by atoms with Gasteiger partial charge in [0.25, 0.3) is 0 Å².